The second kappa shape index (κ2) is 11.0. The SMILES string of the molecule is COC(=O)C1=C(C)N(Cc2ccco2)C(=O)/C1=C\c1ccc(OCC(=O)Nc2cccc(Cl)c2)cc1. The zero-order valence-electron chi connectivity index (χ0n) is 19.6. The predicted octanol–water partition coefficient (Wildman–Crippen LogP) is 4.82. The fourth-order valence-electron chi connectivity index (χ4n) is 3.72. The zero-order valence-corrected chi connectivity index (χ0v) is 20.4. The van der Waals surface area contributed by atoms with Crippen molar-refractivity contribution in [2.45, 2.75) is 13.5 Å². The Bertz CT molecular complexity index is 1340. The van der Waals surface area contributed by atoms with Crippen LogP contribution in [0.2, 0.25) is 5.02 Å². The molecule has 0 atom stereocenters. The first-order valence-corrected chi connectivity index (χ1v) is 11.4. The minimum Gasteiger partial charge on any atom is -0.484 e. The molecule has 1 N–H and O–H groups in total. The standard InChI is InChI=1S/C27H23ClN2O6/c1-17-25(27(33)34-2)23(26(32)30(17)15-22-7-4-12-35-22)13-18-8-10-21(11-9-18)36-16-24(31)29-20-6-3-5-19(28)14-20/h3-14H,15-16H2,1-2H3,(H,29,31)/b23-13-. The number of esters is 1. The van der Waals surface area contributed by atoms with Crippen LogP contribution >= 0.6 is 11.6 Å². The van der Waals surface area contributed by atoms with Gasteiger partial charge < -0.3 is 24.1 Å². The first-order valence-electron chi connectivity index (χ1n) is 11.0. The average molecular weight is 507 g/mol. The minimum atomic E-state index is -0.597. The highest BCUT2D eigenvalue weighted by Crippen LogP contribution is 2.33. The van der Waals surface area contributed by atoms with Gasteiger partial charge in [0, 0.05) is 16.4 Å². The molecule has 2 amide bonds. The van der Waals surface area contributed by atoms with Crippen LogP contribution in [0.3, 0.4) is 0 Å². The molecule has 2 aromatic carbocycles. The molecule has 0 unspecified atom stereocenters. The monoisotopic (exact) mass is 506 g/mol. The third kappa shape index (κ3) is 5.67. The number of hydrogen-bond acceptors (Lipinski definition) is 6. The van der Waals surface area contributed by atoms with Crippen LogP contribution in [0.1, 0.15) is 18.2 Å². The van der Waals surface area contributed by atoms with Crippen molar-refractivity contribution in [2.75, 3.05) is 19.0 Å². The summed E-state index contributed by atoms with van der Waals surface area (Å²) in [4.78, 5) is 39.3. The summed E-state index contributed by atoms with van der Waals surface area (Å²) >= 11 is 5.92. The third-order valence-corrected chi connectivity index (χ3v) is 5.70. The quantitative estimate of drug-likeness (QED) is 0.347. The summed E-state index contributed by atoms with van der Waals surface area (Å²) in [5.41, 5.74) is 2.15. The van der Waals surface area contributed by atoms with Gasteiger partial charge in [0.1, 0.15) is 11.5 Å². The number of benzene rings is 2. The summed E-state index contributed by atoms with van der Waals surface area (Å²) in [7, 11) is 1.27. The van der Waals surface area contributed by atoms with Crippen molar-refractivity contribution in [1.29, 1.82) is 0 Å². The van der Waals surface area contributed by atoms with Crippen LogP contribution in [0, 0.1) is 0 Å². The molecule has 0 aliphatic carbocycles. The van der Waals surface area contributed by atoms with E-state index in [1.807, 2.05) is 0 Å². The summed E-state index contributed by atoms with van der Waals surface area (Å²) in [5, 5.41) is 3.22. The lowest BCUT2D eigenvalue weighted by molar-refractivity contribution is -0.136. The molecule has 2 heterocycles. The van der Waals surface area contributed by atoms with E-state index in [4.69, 9.17) is 25.5 Å². The van der Waals surface area contributed by atoms with E-state index in [9.17, 15) is 14.4 Å². The van der Waals surface area contributed by atoms with Gasteiger partial charge in [0.15, 0.2) is 6.61 Å². The van der Waals surface area contributed by atoms with Gasteiger partial charge in [0.25, 0.3) is 11.8 Å². The van der Waals surface area contributed by atoms with Gasteiger partial charge in [-0.3, -0.25) is 9.59 Å². The summed E-state index contributed by atoms with van der Waals surface area (Å²) in [6.45, 7) is 1.69. The second-order valence-electron chi connectivity index (χ2n) is 7.90. The number of nitrogens with one attached hydrogen (secondary N) is 1. The Morgan fingerprint density at radius 3 is 2.56 bits per heavy atom. The zero-order chi connectivity index (χ0) is 25.7. The molecule has 0 bridgehead atoms. The molecule has 0 saturated heterocycles. The van der Waals surface area contributed by atoms with Crippen molar-refractivity contribution in [2.24, 2.45) is 0 Å². The summed E-state index contributed by atoms with van der Waals surface area (Å²) < 4.78 is 15.8. The Morgan fingerprint density at radius 1 is 1.11 bits per heavy atom. The first-order chi connectivity index (χ1) is 17.4. The molecule has 36 heavy (non-hydrogen) atoms. The van der Waals surface area contributed by atoms with Gasteiger partial charge in [0.05, 0.1) is 31.1 Å². The number of anilines is 1. The van der Waals surface area contributed by atoms with E-state index < -0.39 is 5.97 Å². The molecule has 0 radical (unpaired) electrons. The van der Waals surface area contributed by atoms with Crippen LogP contribution in [0.25, 0.3) is 6.08 Å². The smallest absolute Gasteiger partial charge is 0.340 e. The summed E-state index contributed by atoms with van der Waals surface area (Å²) in [5.74, 6) is -0.202. The van der Waals surface area contributed by atoms with Crippen LogP contribution in [-0.2, 0) is 25.7 Å². The number of amides is 2. The molecule has 0 saturated carbocycles. The molecular formula is C27H23ClN2O6. The number of carbonyl (C=O) groups excluding carboxylic acids is 3. The van der Waals surface area contributed by atoms with E-state index in [0.717, 1.165) is 0 Å². The van der Waals surface area contributed by atoms with Gasteiger partial charge in [-0.1, -0.05) is 29.8 Å². The van der Waals surface area contributed by atoms with Crippen molar-refractivity contribution >= 4 is 41.1 Å². The van der Waals surface area contributed by atoms with Gasteiger partial charge in [-0.2, -0.15) is 0 Å². The van der Waals surface area contributed by atoms with E-state index >= 15 is 0 Å². The molecule has 4 rings (SSSR count). The van der Waals surface area contributed by atoms with Crippen molar-refractivity contribution in [3.63, 3.8) is 0 Å². The topological polar surface area (TPSA) is 98.1 Å². The lowest BCUT2D eigenvalue weighted by atomic mass is 10.0. The number of nitrogens with zero attached hydrogens (tertiary/aromatic N) is 1. The highest BCUT2D eigenvalue weighted by molar-refractivity contribution is 6.30. The molecule has 9 heteroatoms. The Balaban J connectivity index is 1.46. The number of allylic oxidation sites excluding steroid dienone is 1. The molecule has 1 aliphatic rings. The lowest BCUT2D eigenvalue weighted by Crippen LogP contribution is -2.24. The number of furan rings is 1. The van der Waals surface area contributed by atoms with E-state index in [1.54, 1.807) is 73.7 Å². The van der Waals surface area contributed by atoms with Crippen LogP contribution in [0.15, 0.2) is 88.2 Å². The fraction of sp³-hybridized carbons (Fsp3) is 0.148. The van der Waals surface area contributed by atoms with Crippen LogP contribution in [-0.4, -0.2) is 36.4 Å². The van der Waals surface area contributed by atoms with Crippen LogP contribution in [0.4, 0.5) is 5.69 Å². The molecule has 8 nitrogen and oxygen atoms in total. The molecule has 3 aromatic rings. The van der Waals surface area contributed by atoms with E-state index in [-0.39, 0.29) is 36.1 Å². The number of halogens is 1. The lowest BCUT2D eigenvalue weighted by Gasteiger charge is -2.16. The highest BCUT2D eigenvalue weighted by atomic mass is 35.5. The minimum absolute atomic E-state index is 0.193. The van der Waals surface area contributed by atoms with Crippen molar-refractivity contribution in [3.05, 3.63) is 100 Å². The van der Waals surface area contributed by atoms with Crippen LogP contribution < -0.4 is 10.1 Å². The molecule has 0 fully saturated rings. The number of ether oxygens (including phenoxy) is 2. The van der Waals surface area contributed by atoms with Crippen molar-refractivity contribution in [3.8, 4) is 5.75 Å². The number of rotatable bonds is 8. The van der Waals surface area contributed by atoms with E-state index in [1.165, 1.54) is 18.3 Å². The van der Waals surface area contributed by atoms with E-state index in [2.05, 4.69) is 5.32 Å². The molecule has 0 spiro atoms. The highest BCUT2D eigenvalue weighted by Gasteiger charge is 2.37. The van der Waals surface area contributed by atoms with Crippen molar-refractivity contribution in [1.82, 2.24) is 4.90 Å². The Labute approximate surface area is 212 Å². The molecular weight excluding hydrogens is 484 g/mol. The molecule has 1 aromatic heterocycles. The maximum absolute atomic E-state index is 13.2. The average Bonchev–Trinajstić information content (AvgIpc) is 3.46. The fourth-order valence-corrected chi connectivity index (χ4v) is 3.91. The maximum Gasteiger partial charge on any atom is 0.340 e. The Morgan fingerprint density at radius 2 is 1.89 bits per heavy atom. The first kappa shape index (κ1) is 24.8. The largest absolute Gasteiger partial charge is 0.484 e. The molecule has 1 aliphatic heterocycles. The van der Waals surface area contributed by atoms with Crippen molar-refractivity contribution < 1.29 is 28.3 Å². The normalized spacial score (nSPS) is 14.4. The summed E-state index contributed by atoms with van der Waals surface area (Å²) in [6.07, 6.45) is 3.15. The van der Waals surface area contributed by atoms with Gasteiger partial charge in [-0.25, -0.2) is 4.79 Å². The second-order valence-corrected chi connectivity index (χ2v) is 8.33. The third-order valence-electron chi connectivity index (χ3n) is 5.46. The number of methoxy groups -OCH3 is 1. The Hall–Kier alpha value is -4.30. The summed E-state index contributed by atoms with van der Waals surface area (Å²) in [6, 6.07) is 17.1. The van der Waals surface area contributed by atoms with Gasteiger partial charge >= 0.3 is 5.97 Å². The van der Waals surface area contributed by atoms with Crippen LogP contribution in [0.5, 0.6) is 5.75 Å². The van der Waals surface area contributed by atoms with Gasteiger partial charge in [-0.15, -0.1) is 0 Å². The predicted molar refractivity (Wildman–Crippen MR) is 134 cm³/mol. The molecule has 184 valence electrons. The maximum atomic E-state index is 13.2. The number of hydrogen-bond donors (Lipinski definition) is 1. The Kier molecular flexibility index (Phi) is 7.56. The van der Waals surface area contributed by atoms with Gasteiger partial charge in [-0.05, 0) is 61.0 Å². The van der Waals surface area contributed by atoms with Gasteiger partial charge in [0.2, 0.25) is 0 Å². The number of carbonyl (C=O) groups is 3. The van der Waals surface area contributed by atoms with E-state index in [0.29, 0.717) is 33.5 Å².